The molecule has 1 fully saturated rings. The maximum atomic E-state index is 12.3. The van der Waals surface area contributed by atoms with E-state index in [1.54, 1.807) is 22.7 Å². The molecule has 2 aromatic heterocycles. The van der Waals surface area contributed by atoms with Gasteiger partial charge in [0.2, 0.25) is 0 Å². The van der Waals surface area contributed by atoms with Crippen molar-refractivity contribution in [3.63, 3.8) is 0 Å². The lowest BCUT2D eigenvalue weighted by Gasteiger charge is -2.09. The Kier molecular flexibility index (Phi) is 3.41. The molecule has 0 bridgehead atoms. The fourth-order valence-corrected chi connectivity index (χ4v) is 5.15. The highest BCUT2D eigenvalue weighted by Crippen LogP contribution is 2.39. The van der Waals surface area contributed by atoms with Gasteiger partial charge >= 0.3 is 0 Å². The van der Waals surface area contributed by atoms with E-state index in [9.17, 15) is 4.79 Å². The first-order valence-corrected chi connectivity index (χ1v) is 8.75. The molecule has 3 heterocycles. The van der Waals surface area contributed by atoms with Crippen molar-refractivity contribution in [2.45, 2.75) is 18.9 Å². The molecule has 3 nitrogen and oxygen atoms in total. The lowest BCUT2D eigenvalue weighted by molar-refractivity contribution is 0.0861. The first-order chi connectivity index (χ1) is 10.3. The Morgan fingerprint density at radius 2 is 2.19 bits per heavy atom. The van der Waals surface area contributed by atoms with Crippen LogP contribution in [0.5, 0.6) is 0 Å². The predicted molar refractivity (Wildman–Crippen MR) is 88.5 cm³/mol. The topological polar surface area (TPSA) is 38.3 Å². The lowest BCUT2D eigenvalue weighted by Crippen LogP contribution is -2.31. The van der Waals surface area contributed by atoms with Crippen LogP contribution in [0.2, 0.25) is 0 Å². The summed E-state index contributed by atoms with van der Waals surface area (Å²) in [5.74, 6) is 0.0166. The van der Waals surface area contributed by atoms with Crippen molar-refractivity contribution in [1.82, 2.24) is 5.32 Å². The Hall–Kier alpha value is -1.43. The monoisotopic (exact) mass is 317 g/mol. The van der Waals surface area contributed by atoms with Gasteiger partial charge in [0.15, 0.2) is 0 Å². The molecular weight excluding hydrogens is 302 g/mol. The van der Waals surface area contributed by atoms with Gasteiger partial charge in [0, 0.05) is 27.9 Å². The number of benzene rings is 1. The number of hydrogen-bond acceptors (Lipinski definition) is 4. The fraction of sp³-hybridized carbons (Fsp3) is 0.312. The Labute approximate surface area is 130 Å². The molecule has 0 radical (unpaired) electrons. The van der Waals surface area contributed by atoms with Crippen LogP contribution >= 0.6 is 22.7 Å². The van der Waals surface area contributed by atoms with Crippen molar-refractivity contribution in [3.8, 4) is 0 Å². The number of fused-ring (bicyclic) bond motifs is 3. The van der Waals surface area contributed by atoms with Crippen LogP contribution in [0, 0.1) is 0 Å². The second-order valence-electron chi connectivity index (χ2n) is 5.25. The van der Waals surface area contributed by atoms with Crippen LogP contribution in [0.1, 0.15) is 22.5 Å². The highest BCUT2D eigenvalue weighted by Gasteiger charge is 2.18. The summed E-state index contributed by atoms with van der Waals surface area (Å²) in [7, 11) is 0. The van der Waals surface area contributed by atoms with Gasteiger partial charge in [-0.05, 0) is 25.0 Å². The van der Waals surface area contributed by atoms with E-state index < -0.39 is 0 Å². The van der Waals surface area contributed by atoms with E-state index in [2.05, 4.69) is 23.5 Å². The third-order valence-corrected chi connectivity index (χ3v) is 6.20. The van der Waals surface area contributed by atoms with Gasteiger partial charge in [0.1, 0.15) is 0 Å². The van der Waals surface area contributed by atoms with Crippen molar-refractivity contribution in [2.24, 2.45) is 0 Å². The van der Waals surface area contributed by atoms with Crippen LogP contribution in [0.4, 0.5) is 0 Å². The highest BCUT2D eigenvalue weighted by molar-refractivity contribution is 7.33. The van der Waals surface area contributed by atoms with Crippen LogP contribution in [-0.4, -0.2) is 25.2 Å². The van der Waals surface area contributed by atoms with Gasteiger partial charge in [-0.25, -0.2) is 0 Å². The Bertz CT molecular complexity index is 799. The summed E-state index contributed by atoms with van der Waals surface area (Å²) in [6.07, 6.45) is 2.34. The minimum atomic E-state index is 0.0166. The summed E-state index contributed by atoms with van der Waals surface area (Å²) in [6.45, 7) is 1.44. The van der Waals surface area contributed by atoms with Gasteiger partial charge < -0.3 is 10.1 Å². The first kappa shape index (κ1) is 13.2. The second-order valence-corrected chi connectivity index (χ2v) is 7.38. The Morgan fingerprint density at radius 3 is 3.05 bits per heavy atom. The molecule has 1 amide bonds. The summed E-state index contributed by atoms with van der Waals surface area (Å²) in [5, 5.41) is 4.24. The molecule has 0 spiro atoms. The molecule has 21 heavy (non-hydrogen) atoms. The van der Waals surface area contributed by atoms with E-state index in [0.717, 1.165) is 24.3 Å². The summed E-state index contributed by atoms with van der Waals surface area (Å²) in [6, 6.07) is 10.4. The largest absolute Gasteiger partial charge is 0.376 e. The molecule has 1 saturated heterocycles. The molecule has 1 aliphatic heterocycles. The molecule has 1 aromatic carbocycles. The SMILES string of the molecule is O=C(NCC1CCCO1)c1cc2sc3ccccc3c2s1. The Morgan fingerprint density at radius 1 is 1.29 bits per heavy atom. The number of amides is 1. The van der Waals surface area contributed by atoms with Gasteiger partial charge in [-0.1, -0.05) is 18.2 Å². The number of carbonyl (C=O) groups excluding carboxylic acids is 1. The third kappa shape index (κ3) is 2.46. The maximum absolute atomic E-state index is 12.3. The zero-order chi connectivity index (χ0) is 14.2. The van der Waals surface area contributed by atoms with Crippen LogP contribution < -0.4 is 5.32 Å². The summed E-state index contributed by atoms with van der Waals surface area (Å²) >= 11 is 3.33. The van der Waals surface area contributed by atoms with E-state index in [1.165, 1.54) is 19.5 Å². The van der Waals surface area contributed by atoms with E-state index >= 15 is 0 Å². The molecule has 0 aliphatic carbocycles. The van der Waals surface area contributed by atoms with E-state index in [4.69, 9.17) is 4.74 Å². The molecule has 1 unspecified atom stereocenters. The number of carbonyl (C=O) groups is 1. The van der Waals surface area contributed by atoms with Crippen molar-refractivity contribution in [1.29, 1.82) is 0 Å². The maximum Gasteiger partial charge on any atom is 0.261 e. The second kappa shape index (κ2) is 5.40. The Balaban J connectivity index is 1.56. The number of thiophene rings is 2. The van der Waals surface area contributed by atoms with Crippen LogP contribution in [0.25, 0.3) is 19.5 Å². The number of rotatable bonds is 3. The number of ether oxygens (including phenoxy) is 1. The molecule has 1 N–H and O–H groups in total. The quantitative estimate of drug-likeness (QED) is 0.792. The van der Waals surface area contributed by atoms with E-state index in [1.807, 2.05) is 12.1 Å². The van der Waals surface area contributed by atoms with Crippen molar-refractivity contribution in [2.75, 3.05) is 13.2 Å². The smallest absolute Gasteiger partial charge is 0.261 e. The molecule has 0 saturated carbocycles. The van der Waals surface area contributed by atoms with Crippen molar-refractivity contribution < 1.29 is 9.53 Å². The normalized spacial score (nSPS) is 18.6. The summed E-state index contributed by atoms with van der Waals surface area (Å²) in [5.41, 5.74) is 0. The molecular formula is C16H15NO2S2. The van der Waals surface area contributed by atoms with Gasteiger partial charge in [0.05, 0.1) is 15.7 Å². The average Bonchev–Trinajstić information content (AvgIpc) is 3.20. The zero-order valence-electron chi connectivity index (χ0n) is 11.4. The molecule has 1 aliphatic rings. The van der Waals surface area contributed by atoms with Gasteiger partial charge in [0.25, 0.3) is 5.91 Å². The van der Waals surface area contributed by atoms with Gasteiger partial charge in [-0.3, -0.25) is 4.79 Å². The van der Waals surface area contributed by atoms with Gasteiger partial charge in [-0.2, -0.15) is 0 Å². The molecule has 5 heteroatoms. The number of hydrogen-bond donors (Lipinski definition) is 1. The highest BCUT2D eigenvalue weighted by atomic mass is 32.1. The van der Waals surface area contributed by atoms with Crippen molar-refractivity contribution >= 4 is 48.1 Å². The summed E-state index contributed by atoms with van der Waals surface area (Å²) < 4.78 is 9.23. The van der Waals surface area contributed by atoms with Crippen molar-refractivity contribution in [3.05, 3.63) is 35.2 Å². The lowest BCUT2D eigenvalue weighted by atomic mass is 10.2. The van der Waals surface area contributed by atoms with Crippen LogP contribution in [0.3, 0.4) is 0 Å². The number of nitrogens with one attached hydrogen (secondary N) is 1. The van der Waals surface area contributed by atoms with Crippen LogP contribution in [0.15, 0.2) is 30.3 Å². The minimum absolute atomic E-state index is 0.0166. The molecule has 4 rings (SSSR count). The standard InChI is InChI=1S/C16H15NO2S2/c18-16(17-9-10-4-3-7-19-10)14-8-13-15(21-14)11-5-1-2-6-12(11)20-13/h1-2,5-6,8,10H,3-4,7,9H2,(H,17,18). The predicted octanol–water partition coefficient (Wildman–Crippen LogP) is 4.02. The third-order valence-electron chi connectivity index (χ3n) is 3.79. The average molecular weight is 317 g/mol. The fourth-order valence-electron chi connectivity index (χ4n) is 2.71. The zero-order valence-corrected chi connectivity index (χ0v) is 13.1. The molecule has 108 valence electrons. The van der Waals surface area contributed by atoms with Crippen LogP contribution in [-0.2, 0) is 4.74 Å². The minimum Gasteiger partial charge on any atom is -0.376 e. The van der Waals surface area contributed by atoms with Gasteiger partial charge in [-0.15, -0.1) is 22.7 Å². The summed E-state index contributed by atoms with van der Waals surface area (Å²) in [4.78, 5) is 13.0. The molecule has 1 atom stereocenters. The molecule has 3 aromatic rings. The van der Waals surface area contributed by atoms with E-state index in [-0.39, 0.29) is 12.0 Å². The first-order valence-electron chi connectivity index (χ1n) is 7.12. The van der Waals surface area contributed by atoms with E-state index in [0.29, 0.717) is 6.54 Å².